The van der Waals surface area contributed by atoms with Crippen molar-refractivity contribution < 1.29 is 14.9 Å². The molecular weight excluding hydrogens is 362 g/mol. The molecule has 0 fully saturated rings. The van der Waals surface area contributed by atoms with E-state index in [1.807, 2.05) is 0 Å². The maximum atomic E-state index is 10.4. The van der Waals surface area contributed by atoms with Gasteiger partial charge in [0.1, 0.15) is 17.2 Å². The lowest BCUT2D eigenvalue weighted by molar-refractivity contribution is 0.129. The van der Waals surface area contributed by atoms with Gasteiger partial charge in [0, 0.05) is 23.7 Å². The van der Waals surface area contributed by atoms with Crippen LogP contribution in [0.2, 0.25) is 0 Å². The molecule has 1 aliphatic rings. The molecule has 0 heterocycles. The van der Waals surface area contributed by atoms with Crippen molar-refractivity contribution in [2.75, 3.05) is 13.2 Å². The van der Waals surface area contributed by atoms with Gasteiger partial charge in [-0.05, 0) is 68.0 Å². The Labute approximate surface area is 175 Å². The highest BCUT2D eigenvalue weighted by atomic mass is 16.5. The van der Waals surface area contributed by atoms with Crippen molar-refractivity contribution in [1.82, 2.24) is 4.90 Å². The molecule has 1 aliphatic carbocycles. The molecule has 0 bridgehead atoms. The number of rotatable bonds is 9. The first kappa shape index (κ1) is 21.5. The van der Waals surface area contributed by atoms with Crippen LogP contribution in [0.15, 0.2) is 36.4 Å². The number of unbranched alkanes of at least 4 members (excludes halogenated alkanes) is 1. The summed E-state index contributed by atoms with van der Waals surface area (Å²) in [7, 11) is 0. The van der Waals surface area contributed by atoms with Crippen molar-refractivity contribution >= 4 is 0 Å². The minimum absolute atomic E-state index is 0.305. The summed E-state index contributed by atoms with van der Waals surface area (Å²) < 4.78 is 5.79. The van der Waals surface area contributed by atoms with Crippen LogP contribution in [0.25, 0.3) is 0 Å². The number of ether oxygens (including phenoxy) is 1. The zero-order chi connectivity index (χ0) is 20.8. The predicted octanol–water partition coefficient (Wildman–Crippen LogP) is 5.29. The van der Waals surface area contributed by atoms with Crippen molar-refractivity contribution in [2.45, 2.75) is 65.5 Å². The first-order chi connectivity index (χ1) is 14.0. The second-order valence-corrected chi connectivity index (χ2v) is 8.33. The smallest absolute Gasteiger partial charge is 0.119 e. The van der Waals surface area contributed by atoms with Crippen LogP contribution in [0.4, 0.5) is 0 Å². The van der Waals surface area contributed by atoms with Gasteiger partial charge in [-0.15, -0.1) is 0 Å². The molecule has 0 saturated heterocycles. The predicted molar refractivity (Wildman–Crippen MR) is 118 cm³/mol. The van der Waals surface area contributed by atoms with E-state index < -0.39 is 0 Å². The van der Waals surface area contributed by atoms with Crippen molar-refractivity contribution in [2.24, 2.45) is 5.92 Å². The van der Waals surface area contributed by atoms with E-state index in [0.717, 1.165) is 68.7 Å². The van der Waals surface area contributed by atoms with E-state index in [1.165, 1.54) is 5.56 Å². The molecule has 0 radical (unpaired) electrons. The minimum atomic E-state index is 0.305. The number of nitrogens with zero attached hydrogens (tertiary/aromatic N) is 1. The molecule has 2 aromatic carbocycles. The topological polar surface area (TPSA) is 52.9 Å². The third-order valence-corrected chi connectivity index (χ3v) is 6.03. The molecule has 0 aliphatic heterocycles. The summed E-state index contributed by atoms with van der Waals surface area (Å²) in [5, 5.41) is 20.6. The van der Waals surface area contributed by atoms with Crippen LogP contribution in [0.1, 0.15) is 56.7 Å². The highest BCUT2D eigenvalue weighted by Gasteiger charge is 2.32. The molecule has 4 heteroatoms. The Hall–Kier alpha value is -2.20. The van der Waals surface area contributed by atoms with Crippen LogP contribution in [0.5, 0.6) is 17.2 Å². The maximum absolute atomic E-state index is 10.4. The molecular formula is C25H35NO3. The summed E-state index contributed by atoms with van der Waals surface area (Å²) >= 11 is 0. The fourth-order valence-corrected chi connectivity index (χ4v) is 4.39. The molecule has 2 aromatic rings. The van der Waals surface area contributed by atoms with Crippen LogP contribution in [-0.2, 0) is 19.4 Å². The second-order valence-electron chi connectivity index (χ2n) is 8.33. The molecule has 0 saturated carbocycles. The normalized spacial score (nSPS) is 18.6. The lowest BCUT2D eigenvalue weighted by Crippen LogP contribution is -2.44. The lowest BCUT2D eigenvalue weighted by Gasteiger charge is -2.40. The van der Waals surface area contributed by atoms with Crippen LogP contribution in [-0.4, -0.2) is 34.3 Å². The van der Waals surface area contributed by atoms with Gasteiger partial charge in [0.05, 0.1) is 6.61 Å². The molecule has 0 amide bonds. The molecule has 29 heavy (non-hydrogen) atoms. The lowest BCUT2D eigenvalue weighted by atomic mass is 9.79. The third kappa shape index (κ3) is 5.24. The van der Waals surface area contributed by atoms with Gasteiger partial charge >= 0.3 is 0 Å². The monoisotopic (exact) mass is 397 g/mol. The summed E-state index contributed by atoms with van der Waals surface area (Å²) in [5.41, 5.74) is 3.10. The number of hydrogen-bond acceptors (Lipinski definition) is 4. The highest BCUT2D eigenvalue weighted by molar-refractivity contribution is 5.49. The number of benzene rings is 2. The number of phenolic OH excluding ortho intramolecular Hbond substituents is 2. The molecule has 158 valence electrons. The average Bonchev–Trinajstić information content (AvgIpc) is 2.72. The zero-order valence-electron chi connectivity index (χ0n) is 18.0. The number of hydrogen-bond donors (Lipinski definition) is 2. The van der Waals surface area contributed by atoms with Crippen molar-refractivity contribution in [3.8, 4) is 17.2 Å². The van der Waals surface area contributed by atoms with E-state index in [0.29, 0.717) is 23.5 Å². The summed E-state index contributed by atoms with van der Waals surface area (Å²) in [4.78, 5) is 2.53. The molecule has 4 nitrogen and oxygen atoms in total. The Kier molecular flexibility index (Phi) is 7.43. The Bertz CT molecular complexity index is 787. The average molecular weight is 398 g/mol. The molecule has 2 atom stereocenters. The SMILES string of the molecule is CCCCOc1ccc(CN(CCC)C2Cc3c(O)ccc(O)c3CC2C)cc1. The standard InChI is InChI=1S/C25H35NO3/c1-4-6-14-29-20-9-7-19(8-10-20)17-26(13-5-2)23-16-22-21(15-18(23)3)24(27)11-12-25(22)28/h7-12,18,23,27-28H,4-6,13-17H2,1-3H3. The number of phenols is 2. The second kappa shape index (κ2) is 10.0. The van der Waals surface area contributed by atoms with Crippen molar-refractivity contribution in [1.29, 1.82) is 0 Å². The number of fused-ring (bicyclic) bond motifs is 1. The third-order valence-electron chi connectivity index (χ3n) is 6.03. The van der Waals surface area contributed by atoms with Crippen molar-refractivity contribution in [3.05, 3.63) is 53.1 Å². The quantitative estimate of drug-likeness (QED) is 0.446. The molecule has 3 rings (SSSR count). The Morgan fingerprint density at radius 2 is 1.59 bits per heavy atom. The van der Waals surface area contributed by atoms with Gasteiger partial charge in [0.15, 0.2) is 0 Å². The number of aromatic hydroxyl groups is 2. The van der Waals surface area contributed by atoms with Crippen LogP contribution in [0.3, 0.4) is 0 Å². The summed E-state index contributed by atoms with van der Waals surface area (Å²) in [6, 6.07) is 12.0. The molecule has 0 aromatic heterocycles. The van der Waals surface area contributed by atoms with E-state index >= 15 is 0 Å². The van der Waals surface area contributed by atoms with Gasteiger partial charge in [-0.1, -0.05) is 39.3 Å². The van der Waals surface area contributed by atoms with Gasteiger partial charge in [-0.3, -0.25) is 4.90 Å². The largest absolute Gasteiger partial charge is 0.508 e. The van der Waals surface area contributed by atoms with Gasteiger partial charge in [0.25, 0.3) is 0 Å². The minimum Gasteiger partial charge on any atom is -0.508 e. The van der Waals surface area contributed by atoms with E-state index in [4.69, 9.17) is 4.74 Å². The van der Waals surface area contributed by atoms with E-state index in [2.05, 4.69) is 49.9 Å². The Morgan fingerprint density at radius 1 is 0.931 bits per heavy atom. The first-order valence-corrected chi connectivity index (χ1v) is 11.0. The van der Waals surface area contributed by atoms with Crippen LogP contribution >= 0.6 is 0 Å². The fourth-order valence-electron chi connectivity index (χ4n) is 4.39. The van der Waals surface area contributed by atoms with Gasteiger partial charge < -0.3 is 14.9 Å². The highest BCUT2D eigenvalue weighted by Crippen LogP contribution is 2.38. The van der Waals surface area contributed by atoms with Gasteiger partial charge in [-0.2, -0.15) is 0 Å². The zero-order valence-corrected chi connectivity index (χ0v) is 18.0. The first-order valence-electron chi connectivity index (χ1n) is 11.0. The molecule has 0 spiro atoms. The van der Waals surface area contributed by atoms with Gasteiger partial charge in [0.2, 0.25) is 0 Å². The fraction of sp³-hybridized carbons (Fsp3) is 0.520. The van der Waals surface area contributed by atoms with E-state index in [-0.39, 0.29) is 0 Å². The van der Waals surface area contributed by atoms with Crippen LogP contribution in [0, 0.1) is 5.92 Å². The van der Waals surface area contributed by atoms with E-state index in [1.54, 1.807) is 12.1 Å². The Balaban J connectivity index is 1.73. The Morgan fingerprint density at radius 3 is 2.21 bits per heavy atom. The summed E-state index contributed by atoms with van der Waals surface area (Å²) in [6.45, 7) is 9.30. The van der Waals surface area contributed by atoms with Crippen molar-refractivity contribution in [3.63, 3.8) is 0 Å². The van der Waals surface area contributed by atoms with E-state index in [9.17, 15) is 10.2 Å². The molecule has 2 unspecified atom stereocenters. The summed E-state index contributed by atoms with van der Waals surface area (Å²) in [5.74, 6) is 1.96. The summed E-state index contributed by atoms with van der Waals surface area (Å²) in [6.07, 6.45) is 4.87. The maximum Gasteiger partial charge on any atom is 0.119 e. The van der Waals surface area contributed by atoms with Gasteiger partial charge in [-0.25, -0.2) is 0 Å². The van der Waals surface area contributed by atoms with Crippen LogP contribution < -0.4 is 4.74 Å². The molecule has 2 N–H and O–H groups in total.